The molecular weight excluding hydrogens is 152 g/mol. The highest BCUT2D eigenvalue weighted by molar-refractivity contribution is 5.27. The molecule has 0 amide bonds. The van der Waals surface area contributed by atoms with Crippen molar-refractivity contribution in [3.63, 3.8) is 0 Å². The molecule has 1 aromatic heterocycles. The average Bonchev–Trinajstić information content (AvgIpc) is 2.47. The van der Waals surface area contributed by atoms with E-state index in [4.69, 9.17) is 4.52 Å². The van der Waals surface area contributed by atoms with Crippen LogP contribution in [0.4, 0.5) is 0 Å². The Balaban J connectivity index is 2.38. The van der Waals surface area contributed by atoms with Gasteiger partial charge in [0.05, 0.1) is 5.69 Å². The SMILES string of the molecule is CC(C)c1noc2c1CNCC2. The molecular formula is C9H14N2O. The first-order valence-corrected chi connectivity index (χ1v) is 4.47. The summed E-state index contributed by atoms with van der Waals surface area (Å²) < 4.78 is 5.26. The van der Waals surface area contributed by atoms with Crippen molar-refractivity contribution in [3.8, 4) is 0 Å². The van der Waals surface area contributed by atoms with Gasteiger partial charge < -0.3 is 9.84 Å². The molecule has 1 aliphatic heterocycles. The Kier molecular flexibility index (Phi) is 1.89. The van der Waals surface area contributed by atoms with Crippen LogP contribution in [0, 0.1) is 0 Å². The van der Waals surface area contributed by atoms with Crippen molar-refractivity contribution in [1.29, 1.82) is 0 Å². The Labute approximate surface area is 72.1 Å². The minimum absolute atomic E-state index is 0.470. The molecule has 0 saturated heterocycles. The quantitative estimate of drug-likeness (QED) is 0.686. The summed E-state index contributed by atoms with van der Waals surface area (Å²) in [6.07, 6.45) is 0.981. The zero-order chi connectivity index (χ0) is 8.55. The summed E-state index contributed by atoms with van der Waals surface area (Å²) in [7, 11) is 0. The summed E-state index contributed by atoms with van der Waals surface area (Å²) in [5.74, 6) is 1.55. The number of hydrogen-bond donors (Lipinski definition) is 1. The van der Waals surface area contributed by atoms with Gasteiger partial charge in [0.2, 0.25) is 0 Å². The van der Waals surface area contributed by atoms with Crippen molar-refractivity contribution in [2.45, 2.75) is 32.7 Å². The van der Waals surface area contributed by atoms with Gasteiger partial charge in [0.1, 0.15) is 5.76 Å². The van der Waals surface area contributed by atoms with Crippen LogP contribution in [-0.2, 0) is 13.0 Å². The molecule has 0 unspecified atom stereocenters. The Morgan fingerprint density at radius 3 is 3.08 bits per heavy atom. The average molecular weight is 166 g/mol. The minimum atomic E-state index is 0.470. The number of aromatic nitrogens is 1. The number of fused-ring (bicyclic) bond motifs is 1. The summed E-state index contributed by atoms with van der Waals surface area (Å²) >= 11 is 0. The lowest BCUT2D eigenvalue weighted by Gasteiger charge is -2.11. The van der Waals surface area contributed by atoms with Crippen LogP contribution in [-0.4, -0.2) is 11.7 Å². The van der Waals surface area contributed by atoms with E-state index in [-0.39, 0.29) is 0 Å². The lowest BCUT2D eigenvalue weighted by atomic mass is 10.0. The van der Waals surface area contributed by atoms with E-state index in [0.29, 0.717) is 5.92 Å². The number of nitrogens with one attached hydrogen (secondary N) is 1. The van der Waals surface area contributed by atoms with Crippen LogP contribution in [0.2, 0.25) is 0 Å². The van der Waals surface area contributed by atoms with E-state index >= 15 is 0 Å². The van der Waals surface area contributed by atoms with Gasteiger partial charge in [-0.25, -0.2) is 0 Å². The first-order chi connectivity index (χ1) is 5.79. The minimum Gasteiger partial charge on any atom is -0.361 e. The number of hydrogen-bond acceptors (Lipinski definition) is 3. The number of rotatable bonds is 1. The zero-order valence-electron chi connectivity index (χ0n) is 7.55. The van der Waals surface area contributed by atoms with E-state index in [9.17, 15) is 0 Å². The molecule has 1 N–H and O–H groups in total. The van der Waals surface area contributed by atoms with Crippen molar-refractivity contribution < 1.29 is 4.52 Å². The van der Waals surface area contributed by atoms with E-state index in [1.807, 2.05) is 0 Å². The second-order valence-corrected chi connectivity index (χ2v) is 3.55. The first kappa shape index (κ1) is 7.80. The lowest BCUT2D eigenvalue weighted by Crippen LogP contribution is -2.23. The van der Waals surface area contributed by atoms with E-state index in [1.165, 1.54) is 5.56 Å². The highest BCUT2D eigenvalue weighted by Crippen LogP contribution is 2.23. The van der Waals surface area contributed by atoms with Crippen LogP contribution in [0.15, 0.2) is 4.52 Å². The van der Waals surface area contributed by atoms with Crippen molar-refractivity contribution >= 4 is 0 Å². The molecule has 66 valence electrons. The van der Waals surface area contributed by atoms with Crippen LogP contribution in [0.25, 0.3) is 0 Å². The van der Waals surface area contributed by atoms with E-state index in [1.54, 1.807) is 0 Å². The first-order valence-electron chi connectivity index (χ1n) is 4.47. The third-order valence-corrected chi connectivity index (χ3v) is 2.28. The van der Waals surface area contributed by atoms with Gasteiger partial charge in [-0.3, -0.25) is 0 Å². The van der Waals surface area contributed by atoms with Crippen molar-refractivity contribution in [2.75, 3.05) is 6.54 Å². The molecule has 0 aliphatic carbocycles. The molecule has 3 nitrogen and oxygen atoms in total. The van der Waals surface area contributed by atoms with Gasteiger partial charge >= 0.3 is 0 Å². The molecule has 1 aliphatic rings. The molecule has 0 radical (unpaired) electrons. The zero-order valence-corrected chi connectivity index (χ0v) is 7.55. The molecule has 2 rings (SSSR count). The lowest BCUT2D eigenvalue weighted by molar-refractivity contribution is 0.367. The smallest absolute Gasteiger partial charge is 0.142 e. The Hall–Kier alpha value is -0.830. The molecule has 0 fully saturated rings. The molecule has 0 bridgehead atoms. The molecule has 3 heteroatoms. The van der Waals surface area contributed by atoms with Crippen LogP contribution < -0.4 is 5.32 Å². The molecule has 0 atom stereocenters. The molecule has 1 aromatic rings. The number of nitrogens with zero attached hydrogens (tertiary/aromatic N) is 1. The van der Waals surface area contributed by atoms with Crippen LogP contribution in [0.1, 0.15) is 36.8 Å². The maximum Gasteiger partial charge on any atom is 0.142 e. The topological polar surface area (TPSA) is 38.1 Å². The Morgan fingerprint density at radius 2 is 2.33 bits per heavy atom. The van der Waals surface area contributed by atoms with Gasteiger partial charge in [-0.2, -0.15) is 0 Å². The van der Waals surface area contributed by atoms with E-state index in [0.717, 1.165) is 31.0 Å². The van der Waals surface area contributed by atoms with Gasteiger partial charge in [0, 0.05) is 25.1 Å². The van der Waals surface area contributed by atoms with Gasteiger partial charge in [0.15, 0.2) is 0 Å². The highest BCUT2D eigenvalue weighted by Gasteiger charge is 2.20. The fourth-order valence-electron chi connectivity index (χ4n) is 1.61. The fraction of sp³-hybridized carbons (Fsp3) is 0.667. The molecule has 2 heterocycles. The van der Waals surface area contributed by atoms with Gasteiger partial charge in [-0.15, -0.1) is 0 Å². The standard InChI is InChI=1S/C9H14N2O/c1-6(2)9-7-5-10-4-3-8(7)12-11-9/h6,10H,3-5H2,1-2H3. The second-order valence-electron chi connectivity index (χ2n) is 3.55. The largest absolute Gasteiger partial charge is 0.361 e. The third-order valence-electron chi connectivity index (χ3n) is 2.28. The normalized spacial score (nSPS) is 16.6. The van der Waals surface area contributed by atoms with E-state index < -0.39 is 0 Å². The van der Waals surface area contributed by atoms with Crippen LogP contribution >= 0.6 is 0 Å². The van der Waals surface area contributed by atoms with Crippen LogP contribution in [0.5, 0.6) is 0 Å². The summed E-state index contributed by atoms with van der Waals surface area (Å²) in [5.41, 5.74) is 2.41. The van der Waals surface area contributed by atoms with E-state index in [2.05, 4.69) is 24.3 Å². The van der Waals surface area contributed by atoms with Gasteiger partial charge in [0.25, 0.3) is 0 Å². The van der Waals surface area contributed by atoms with Crippen molar-refractivity contribution in [3.05, 3.63) is 17.0 Å². The predicted octanol–water partition coefficient (Wildman–Crippen LogP) is 1.44. The summed E-state index contributed by atoms with van der Waals surface area (Å²) in [5, 5.41) is 7.40. The molecule has 0 spiro atoms. The summed E-state index contributed by atoms with van der Waals surface area (Å²) in [4.78, 5) is 0. The third kappa shape index (κ3) is 1.14. The van der Waals surface area contributed by atoms with Crippen LogP contribution in [0.3, 0.4) is 0 Å². The van der Waals surface area contributed by atoms with Gasteiger partial charge in [-0.1, -0.05) is 19.0 Å². The summed E-state index contributed by atoms with van der Waals surface area (Å²) in [6, 6.07) is 0. The van der Waals surface area contributed by atoms with Crippen molar-refractivity contribution in [1.82, 2.24) is 10.5 Å². The Bertz CT molecular complexity index is 278. The molecule has 12 heavy (non-hydrogen) atoms. The molecule has 0 aromatic carbocycles. The Morgan fingerprint density at radius 1 is 1.50 bits per heavy atom. The summed E-state index contributed by atoms with van der Waals surface area (Å²) in [6.45, 7) is 6.23. The highest BCUT2D eigenvalue weighted by atomic mass is 16.5. The maximum absolute atomic E-state index is 5.26. The molecule has 0 saturated carbocycles. The fourth-order valence-corrected chi connectivity index (χ4v) is 1.61. The predicted molar refractivity (Wildman–Crippen MR) is 46.0 cm³/mol. The second kappa shape index (κ2) is 2.90. The maximum atomic E-state index is 5.26. The van der Waals surface area contributed by atoms with Gasteiger partial charge in [-0.05, 0) is 5.92 Å². The monoisotopic (exact) mass is 166 g/mol. The van der Waals surface area contributed by atoms with Crippen molar-refractivity contribution in [2.24, 2.45) is 0 Å².